The van der Waals surface area contributed by atoms with Crippen molar-refractivity contribution >= 4 is 38.4 Å². The molecule has 3 heteroatoms. The van der Waals surface area contributed by atoms with Crippen LogP contribution in [0.3, 0.4) is 0 Å². The van der Waals surface area contributed by atoms with Crippen molar-refractivity contribution in [2.45, 2.75) is 0 Å². The highest BCUT2D eigenvalue weighted by Crippen LogP contribution is 2.19. The summed E-state index contributed by atoms with van der Waals surface area (Å²) in [5.41, 5.74) is 1.67. The molecule has 0 unspecified atom stereocenters. The standard InChI is InChI=1S/C12H7BrClN/c13-7-3-5-10-8-9-4-1-2-6-11(9)15-12(10)14/h1-2,4,6,8H,7H2. The molecular weight excluding hydrogens is 273 g/mol. The molecule has 0 amide bonds. The molecule has 1 nitrogen and oxygen atoms in total. The summed E-state index contributed by atoms with van der Waals surface area (Å²) < 4.78 is 0. The first-order valence-corrected chi connectivity index (χ1v) is 5.91. The zero-order chi connectivity index (χ0) is 10.7. The Kier molecular flexibility index (Phi) is 3.25. The van der Waals surface area contributed by atoms with Crippen molar-refractivity contribution in [1.82, 2.24) is 4.98 Å². The van der Waals surface area contributed by atoms with Gasteiger partial charge in [0.15, 0.2) is 0 Å². The van der Waals surface area contributed by atoms with Crippen LogP contribution in [0.4, 0.5) is 0 Å². The molecule has 2 rings (SSSR count). The molecule has 0 radical (unpaired) electrons. The highest BCUT2D eigenvalue weighted by atomic mass is 79.9. The van der Waals surface area contributed by atoms with E-state index in [-0.39, 0.29) is 0 Å². The fourth-order valence-corrected chi connectivity index (χ4v) is 1.64. The number of rotatable bonds is 0. The van der Waals surface area contributed by atoms with Crippen molar-refractivity contribution in [3.05, 3.63) is 41.0 Å². The molecule has 15 heavy (non-hydrogen) atoms. The SMILES string of the molecule is Clc1nc2ccccc2cc1C#CCBr. The first-order valence-electron chi connectivity index (χ1n) is 4.41. The minimum Gasteiger partial charge on any atom is -0.235 e. The van der Waals surface area contributed by atoms with Gasteiger partial charge in [-0.25, -0.2) is 4.98 Å². The average molecular weight is 281 g/mol. The fraction of sp³-hybridized carbons (Fsp3) is 0.0833. The van der Waals surface area contributed by atoms with Crippen LogP contribution in [0, 0.1) is 11.8 Å². The quantitative estimate of drug-likeness (QED) is 0.408. The van der Waals surface area contributed by atoms with Crippen molar-refractivity contribution in [3.63, 3.8) is 0 Å². The van der Waals surface area contributed by atoms with Crippen molar-refractivity contribution in [3.8, 4) is 11.8 Å². The number of benzene rings is 1. The van der Waals surface area contributed by atoms with E-state index >= 15 is 0 Å². The summed E-state index contributed by atoms with van der Waals surface area (Å²) >= 11 is 9.25. The van der Waals surface area contributed by atoms with Gasteiger partial charge in [0.05, 0.1) is 16.4 Å². The number of para-hydroxylation sites is 1. The molecule has 0 saturated carbocycles. The summed E-state index contributed by atoms with van der Waals surface area (Å²) in [7, 11) is 0. The molecule has 0 N–H and O–H groups in total. The lowest BCUT2D eigenvalue weighted by Crippen LogP contribution is -1.85. The molecule has 2 aromatic rings. The molecule has 1 aromatic heterocycles. The van der Waals surface area contributed by atoms with Gasteiger partial charge in [-0.15, -0.1) is 0 Å². The second-order valence-corrected chi connectivity index (χ2v) is 3.87. The Morgan fingerprint density at radius 3 is 2.93 bits per heavy atom. The third kappa shape index (κ3) is 2.31. The lowest BCUT2D eigenvalue weighted by atomic mass is 10.1. The number of hydrogen-bond acceptors (Lipinski definition) is 1. The second kappa shape index (κ2) is 4.65. The Hall–Kier alpha value is -1.04. The van der Waals surface area contributed by atoms with Crippen LogP contribution in [0.25, 0.3) is 10.9 Å². The van der Waals surface area contributed by atoms with Crippen molar-refractivity contribution in [2.75, 3.05) is 5.33 Å². The van der Waals surface area contributed by atoms with E-state index in [1.807, 2.05) is 30.3 Å². The van der Waals surface area contributed by atoms with Crippen LogP contribution < -0.4 is 0 Å². The predicted octanol–water partition coefficient (Wildman–Crippen LogP) is 3.63. The number of hydrogen-bond donors (Lipinski definition) is 0. The molecule has 0 aliphatic heterocycles. The van der Waals surface area contributed by atoms with E-state index in [2.05, 4.69) is 32.8 Å². The second-order valence-electron chi connectivity index (χ2n) is 2.95. The maximum atomic E-state index is 6.01. The van der Waals surface area contributed by atoms with Crippen LogP contribution >= 0.6 is 27.5 Å². The lowest BCUT2D eigenvalue weighted by molar-refractivity contribution is 1.39. The smallest absolute Gasteiger partial charge is 0.145 e. The van der Waals surface area contributed by atoms with E-state index in [1.165, 1.54) is 0 Å². The number of alkyl halides is 1. The highest BCUT2D eigenvalue weighted by molar-refractivity contribution is 9.09. The summed E-state index contributed by atoms with van der Waals surface area (Å²) in [5.74, 6) is 5.88. The normalized spacial score (nSPS) is 9.73. The van der Waals surface area contributed by atoms with E-state index < -0.39 is 0 Å². The summed E-state index contributed by atoms with van der Waals surface area (Å²) in [6, 6.07) is 9.80. The molecule has 0 aliphatic carbocycles. The maximum absolute atomic E-state index is 6.01. The van der Waals surface area contributed by atoms with Gasteiger partial charge in [-0.2, -0.15) is 0 Å². The minimum absolute atomic E-state index is 0.460. The molecule has 0 aliphatic rings. The van der Waals surface area contributed by atoms with Crippen molar-refractivity contribution in [1.29, 1.82) is 0 Å². The van der Waals surface area contributed by atoms with Gasteiger partial charge < -0.3 is 0 Å². The van der Waals surface area contributed by atoms with Crippen LogP contribution in [0.1, 0.15) is 5.56 Å². The Labute approximate surface area is 102 Å². The summed E-state index contributed by atoms with van der Waals surface area (Å²) in [5, 5.41) is 2.15. The molecule has 0 saturated heterocycles. The number of fused-ring (bicyclic) bond motifs is 1. The van der Waals surface area contributed by atoms with Gasteiger partial charge in [0.2, 0.25) is 0 Å². The largest absolute Gasteiger partial charge is 0.235 e. The molecule has 0 fully saturated rings. The zero-order valence-electron chi connectivity index (χ0n) is 7.80. The highest BCUT2D eigenvalue weighted by Gasteiger charge is 2.01. The van der Waals surface area contributed by atoms with Crippen LogP contribution in [-0.4, -0.2) is 10.3 Å². The molecule has 74 valence electrons. The molecule has 1 aromatic carbocycles. The number of halogens is 2. The van der Waals surface area contributed by atoms with Gasteiger partial charge in [-0.05, 0) is 12.1 Å². The van der Waals surface area contributed by atoms with Gasteiger partial charge in [0.1, 0.15) is 5.15 Å². The Morgan fingerprint density at radius 2 is 2.13 bits per heavy atom. The van der Waals surface area contributed by atoms with Crippen LogP contribution in [0.5, 0.6) is 0 Å². The van der Waals surface area contributed by atoms with Gasteiger partial charge in [0, 0.05) is 5.39 Å². The lowest BCUT2D eigenvalue weighted by Gasteiger charge is -1.99. The first-order chi connectivity index (χ1) is 7.31. The number of pyridine rings is 1. The van der Waals surface area contributed by atoms with Crippen molar-refractivity contribution < 1.29 is 0 Å². The van der Waals surface area contributed by atoms with E-state index in [1.54, 1.807) is 0 Å². The fourth-order valence-electron chi connectivity index (χ4n) is 1.31. The minimum atomic E-state index is 0.460. The van der Waals surface area contributed by atoms with Gasteiger partial charge >= 0.3 is 0 Å². The topological polar surface area (TPSA) is 12.9 Å². The zero-order valence-corrected chi connectivity index (χ0v) is 10.1. The molecule has 0 bridgehead atoms. The van der Waals surface area contributed by atoms with E-state index in [9.17, 15) is 0 Å². The van der Waals surface area contributed by atoms with E-state index in [0.29, 0.717) is 10.5 Å². The first kappa shape index (κ1) is 10.5. The van der Waals surface area contributed by atoms with Crippen molar-refractivity contribution in [2.24, 2.45) is 0 Å². The molecule has 0 atom stereocenters. The average Bonchev–Trinajstić information content (AvgIpc) is 2.26. The monoisotopic (exact) mass is 279 g/mol. The maximum Gasteiger partial charge on any atom is 0.145 e. The van der Waals surface area contributed by atoms with Gasteiger partial charge in [-0.1, -0.05) is 57.6 Å². The third-order valence-electron chi connectivity index (χ3n) is 1.97. The molecule has 0 spiro atoms. The van der Waals surface area contributed by atoms with Crippen LogP contribution in [0.2, 0.25) is 5.15 Å². The summed E-state index contributed by atoms with van der Waals surface area (Å²) in [4.78, 5) is 4.28. The van der Waals surface area contributed by atoms with E-state index in [4.69, 9.17) is 11.6 Å². The molecule has 1 heterocycles. The number of nitrogens with zero attached hydrogens (tertiary/aromatic N) is 1. The van der Waals surface area contributed by atoms with Gasteiger partial charge in [-0.3, -0.25) is 0 Å². The van der Waals surface area contributed by atoms with E-state index in [0.717, 1.165) is 16.5 Å². The Morgan fingerprint density at radius 1 is 1.33 bits per heavy atom. The van der Waals surface area contributed by atoms with Gasteiger partial charge in [0.25, 0.3) is 0 Å². The summed E-state index contributed by atoms with van der Waals surface area (Å²) in [6.07, 6.45) is 0. The van der Waals surface area contributed by atoms with Crippen LogP contribution in [-0.2, 0) is 0 Å². The Bertz CT molecular complexity index is 554. The van der Waals surface area contributed by atoms with Crippen LogP contribution in [0.15, 0.2) is 30.3 Å². The number of aromatic nitrogens is 1. The molecular formula is C12H7BrClN. The Balaban J connectivity index is 2.62. The third-order valence-corrected chi connectivity index (χ3v) is 2.54. The summed E-state index contributed by atoms with van der Waals surface area (Å²) in [6.45, 7) is 0. The predicted molar refractivity (Wildman–Crippen MR) is 67.4 cm³/mol.